The van der Waals surface area contributed by atoms with Gasteiger partial charge in [0, 0.05) is 26.3 Å². The van der Waals surface area contributed by atoms with Gasteiger partial charge in [-0.05, 0) is 36.2 Å². The van der Waals surface area contributed by atoms with E-state index in [4.69, 9.17) is 4.42 Å². The second-order valence-electron chi connectivity index (χ2n) is 4.71. The van der Waals surface area contributed by atoms with E-state index in [1.807, 2.05) is 12.1 Å². The molecule has 0 saturated heterocycles. The van der Waals surface area contributed by atoms with E-state index >= 15 is 0 Å². The van der Waals surface area contributed by atoms with E-state index in [9.17, 15) is 0 Å². The maximum Gasteiger partial charge on any atom is 0.117 e. The van der Waals surface area contributed by atoms with E-state index in [-0.39, 0.29) is 0 Å². The van der Waals surface area contributed by atoms with Crippen LogP contribution in [0.5, 0.6) is 0 Å². The largest absolute Gasteiger partial charge is 0.468 e. The van der Waals surface area contributed by atoms with Crippen LogP contribution in [0.3, 0.4) is 0 Å². The van der Waals surface area contributed by atoms with Crippen molar-refractivity contribution in [3.63, 3.8) is 0 Å². The van der Waals surface area contributed by atoms with Gasteiger partial charge in [-0.25, -0.2) is 0 Å². The average Bonchev–Trinajstić information content (AvgIpc) is 2.84. The van der Waals surface area contributed by atoms with E-state index in [0.717, 1.165) is 18.8 Å². The molecule has 96 valence electrons. The van der Waals surface area contributed by atoms with Gasteiger partial charge in [-0.2, -0.15) is 0 Å². The van der Waals surface area contributed by atoms with Crippen molar-refractivity contribution < 1.29 is 4.42 Å². The van der Waals surface area contributed by atoms with Crippen molar-refractivity contribution in [1.82, 2.24) is 5.32 Å². The summed E-state index contributed by atoms with van der Waals surface area (Å²) >= 11 is 0. The molecule has 3 heteroatoms. The Balaban J connectivity index is 2.00. The van der Waals surface area contributed by atoms with Crippen LogP contribution in [0.25, 0.3) is 0 Å². The molecule has 0 radical (unpaired) electrons. The third-order valence-corrected chi connectivity index (χ3v) is 2.92. The summed E-state index contributed by atoms with van der Waals surface area (Å²) in [7, 11) is 4.15. The highest BCUT2D eigenvalue weighted by atomic mass is 16.3. The Morgan fingerprint density at radius 1 is 1.17 bits per heavy atom. The Bertz CT molecular complexity index is 489. The molecular weight excluding hydrogens is 224 g/mol. The molecule has 0 saturated carbocycles. The predicted molar refractivity (Wildman–Crippen MR) is 74.8 cm³/mol. The van der Waals surface area contributed by atoms with Crippen molar-refractivity contribution in [3.8, 4) is 0 Å². The first-order chi connectivity index (χ1) is 8.66. The fourth-order valence-electron chi connectivity index (χ4n) is 1.97. The Morgan fingerprint density at radius 2 is 2.00 bits per heavy atom. The van der Waals surface area contributed by atoms with Gasteiger partial charge in [0.15, 0.2) is 0 Å². The summed E-state index contributed by atoms with van der Waals surface area (Å²) in [5.41, 5.74) is 3.85. The fraction of sp³-hybridized carbons (Fsp3) is 0.333. The molecule has 0 spiro atoms. The van der Waals surface area contributed by atoms with E-state index in [2.05, 4.69) is 49.4 Å². The minimum atomic E-state index is 0.758. The molecule has 1 aromatic carbocycles. The number of nitrogens with one attached hydrogen (secondary N) is 1. The standard InChI is InChI=1S/C15H20N2O/c1-12-6-7-13(15(9-12)17(2)3)10-16-11-14-5-4-8-18-14/h4-9,16H,10-11H2,1-3H3. The number of hydrogen-bond donors (Lipinski definition) is 1. The maximum atomic E-state index is 5.30. The minimum absolute atomic E-state index is 0.758. The SMILES string of the molecule is Cc1ccc(CNCc2ccco2)c(N(C)C)c1. The highest BCUT2D eigenvalue weighted by molar-refractivity contribution is 5.54. The van der Waals surface area contributed by atoms with Crippen LogP contribution in [0.15, 0.2) is 41.0 Å². The summed E-state index contributed by atoms with van der Waals surface area (Å²) in [5.74, 6) is 0.966. The molecule has 2 rings (SSSR count). The zero-order chi connectivity index (χ0) is 13.0. The van der Waals surface area contributed by atoms with Gasteiger partial charge in [0.2, 0.25) is 0 Å². The van der Waals surface area contributed by atoms with Crippen LogP contribution in [-0.2, 0) is 13.1 Å². The quantitative estimate of drug-likeness (QED) is 0.876. The number of benzene rings is 1. The zero-order valence-corrected chi connectivity index (χ0v) is 11.2. The van der Waals surface area contributed by atoms with Crippen LogP contribution >= 0.6 is 0 Å². The number of hydrogen-bond acceptors (Lipinski definition) is 3. The van der Waals surface area contributed by atoms with Gasteiger partial charge in [0.25, 0.3) is 0 Å². The Hall–Kier alpha value is -1.74. The summed E-state index contributed by atoms with van der Waals surface area (Å²) in [4.78, 5) is 2.15. The minimum Gasteiger partial charge on any atom is -0.468 e. The molecule has 0 fully saturated rings. The van der Waals surface area contributed by atoms with Crippen molar-refractivity contribution >= 4 is 5.69 Å². The number of anilines is 1. The van der Waals surface area contributed by atoms with Gasteiger partial charge in [0.05, 0.1) is 12.8 Å². The number of rotatable bonds is 5. The highest BCUT2D eigenvalue weighted by Crippen LogP contribution is 2.20. The zero-order valence-electron chi connectivity index (χ0n) is 11.2. The molecule has 1 aromatic heterocycles. The normalized spacial score (nSPS) is 10.6. The second-order valence-corrected chi connectivity index (χ2v) is 4.71. The molecule has 0 aliphatic carbocycles. The Labute approximate surface area is 108 Å². The van der Waals surface area contributed by atoms with E-state index in [1.165, 1.54) is 16.8 Å². The lowest BCUT2D eigenvalue weighted by Crippen LogP contribution is -2.17. The van der Waals surface area contributed by atoms with Gasteiger partial charge in [-0.3, -0.25) is 0 Å². The van der Waals surface area contributed by atoms with Crippen LogP contribution in [0, 0.1) is 6.92 Å². The lowest BCUT2D eigenvalue weighted by molar-refractivity contribution is 0.483. The fourth-order valence-corrected chi connectivity index (χ4v) is 1.97. The average molecular weight is 244 g/mol. The lowest BCUT2D eigenvalue weighted by Gasteiger charge is -2.18. The summed E-state index contributed by atoms with van der Waals surface area (Å²) in [6.45, 7) is 3.72. The van der Waals surface area contributed by atoms with Gasteiger partial charge in [-0.1, -0.05) is 12.1 Å². The first-order valence-corrected chi connectivity index (χ1v) is 6.17. The van der Waals surface area contributed by atoms with Crippen LogP contribution in [-0.4, -0.2) is 14.1 Å². The number of furan rings is 1. The molecule has 0 unspecified atom stereocenters. The molecule has 0 amide bonds. The van der Waals surface area contributed by atoms with E-state index < -0.39 is 0 Å². The monoisotopic (exact) mass is 244 g/mol. The van der Waals surface area contributed by atoms with E-state index in [1.54, 1.807) is 6.26 Å². The topological polar surface area (TPSA) is 28.4 Å². The van der Waals surface area contributed by atoms with Crippen molar-refractivity contribution in [2.24, 2.45) is 0 Å². The van der Waals surface area contributed by atoms with Gasteiger partial charge in [-0.15, -0.1) is 0 Å². The molecule has 0 aliphatic heterocycles. The molecule has 1 heterocycles. The van der Waals surface area contributed by atoms with Crippen molar-refractivity contribution in [3.05, 3.63) is 53.5 Å². The summed E-state index contributed by atoms with van der Waals surface area (Å²) in [6.07, 6.45) is 1.70. The molecule has 18 heavy (non-hydrogen) atoms. The molecule has 1 N–H and O–H groups in total. The highest BCUT2D eigenvalue weighted by Gasteiger charge is 2.05. The van der Waals surface area contributed by atoms with Gasteiger partial charge >= 0.3 is 0 Å². The number of aryl methyl sites for hydroxylation is 1. The van der Waals surface area contributed by atoms with Crippen molar-refractivity contribution in [2.75, 3.05) is 19.0 Å². The van der Waals surface area contributed by atoms with Crippen LogP contribution in [0.4, 0.5) is 5.69 Å². The molecule has 0 atom stereocenters. The van der Waals surface area contributed by atoms with Crippen molar-refractivity contribution in [2.45, 2.75) is 20.0 Å². The van der Waals surface area contributed by atoms with Crippen LogP contribution in [0.1, 0.15) is 16.9 Å². The van der Waals surface area contributed by atoms with Gasteiger partial charge in [0.1, 0.15) is 5.76 Å². The third-order valence-electron chi connectivity index (χ3n) is 2.92. The maximum absolute atomic E-state index is 5.30. The molecule has 2 aromatic rings. The van der Waals surface area contributed by atoms with Crippen molar-refractivity contribution in [1.29, 1.82) is 0 Å². The smallest absolute Gasteiger partial charge is 0.117 e. The van der Waals surface area contributed by atoms with E-state index in [0.29, 0.717) is 0 Å². The first-order valence-electron chi connectivity index (χ1n) is 6.17. The number of nitrogens with zero attached hydrogens (tertiary/aromatic N) is 1. The summed E-state index contributed by atoms with van der Waals surface area (Å²) in [6, 6.07) is 10.4. The Morgan fingerprint density at radius 3 is 2.67 bits per heavy atom. The summed E-state index contributed by atoms with van der Waals surface area (Å²) < 4.78 is 5.30. The van der Waals surface area contributed by atoms with Crippen LogP contribution < -0.4 is 10.2 Å². The molecule has 0 bridgehead atoms. The first kappa shape index (κ1) is 12.7. The third kappa shape index (κ3) is 3.14. The predicted octanol–water partition coefficient (Wildman–Crippen LogP) is 2.94. The van der Waals surface area contributed by atoms with Crippen LogP contribution in [0.2, 0.25) is 0 Å². The lowest BCUT2D eigenvalue weighted by atomic mass is 10.1. The second kappa shape index (κ2) is 5.74. The van der Waals surface area contributed by atoms with Gasteiger partial charge < -0.3 is 14.6 Å². The molecule has 0 aliphatic rings. The summed E-state index contributed by atoms with van der Waals surface area (Å²) in [5, 5.41) is 3.40. The molecule has 3 nitrogen and oxygen atoms in total. The molecular formula is C15H20N2O. The Kier molecular flexibility index (Phi) is 4.05.